The highest BCUT2D eigenvalue weighted by molar-refractivity contribution is 7.19. The van der Waals surface area contributed by atoms with Crippen LogP contribution >= 0.6 is 11.3 Å². The molecule has 4 rings (SSSR count). The molecule has 1 amide bonds. The maximum Gasteiger partial charge on any atom is 0.222 e. The van der Waals surface area contributed by atoms with Gasteiger partial charge in [0.1, 0.15) is 16.5 Å². The molecule has 1 saturated heterocycles. The molecule has 6 heteroatoms. The fraction of sp³-hybridized carbons (Fsp3) is 0.720. The van der Waals surface area contributed by atoms with Crippen LogP contribution in [0.4, 0.5) is 5.82 Å². The Kier molecular flexibility index (Phi) is 7.15. The summed E-state index contributed by atoms with van der Waals surface area (Å²) in [6.45, 7) is 12.3. The number of aryl methyl sites for hydroxylation is 1. The molecular formula is C25H38N4OS. The van der Waals surface area contributed by atoms with Crippen molar-refractivity contribution in [3.63, 3.8) is 0 Å². The van der Waals surface area contributed by atoms with Crippen LogP contribution in [0.2, 0.25) is 0 Å². The number of hydrogen-bond donors (Lipinski definition) is 0. The molecule has 1 aliphatic carbocycles. The van der Waals surface area contributed by atoms with Gasteiger partial charge in [0.2, 0.25) is 5.91 Å². The van der Waals surface area contributed by atoms with Crippen molar-refractivity contribution in [2.75, 3.05) is 31.1 Å². The number of thiophene rings is 1. The van der Waals surface area contributed by atoms with Crippen LogP contribution in [0.3, 0.4) is 0 Å². The van der Waals surface area contributed by atoms with Crippen LogP contribution in [0, 0.1) is 5.92 Å². The van der Waals surface area contributed by atoms with E-state index in [1.807, 2.05) is 11.3 Å². The van der Waals surface area contributed by atoms with Gasteiger partial charge in [-0.3, -0.25) is 4.79 Å². The Bertz CT molecular complexity index is 916. The summed E-state index contributed by atoms with van der Waals surface area (Å²) in [6.07, 6.45) is 8.64. The molecule has 0 radical (unpaired) electrons. The molecule has 0 aromatic carbocycles. The van der Waals surface area contributed by atoms with E-state index >= 15 is 0 Å². The van der Waals surface area contributed by atoms with Gasteiger partial charge in [0.25, 0.3) is 0 Å². The van der Waals surface area contributed by atoms with E-state index < -0.39 is 0 Å². The van der Waals surface area contributed by atoms with Gasteiger partial charge in [-0.15, -0.1) is 11.3 Å². The van der Waals surface area contributed by atoms with Crippen LogP contribution in [0.5, 0.6) is 0 Å². The number of anilines is 1. The third kappa shape index (κ3) is 4.74. The maximum atomic E-state index is 12.6. The average Bonchev–Trinajstić information content (AvgIpc) is 3.15. The average molecular weight is 443 g/mol. The van der Waals surface area contributed by atoms with Crippen molar-refractivity contribution in [2.24, 2.45) is 5.92 Å². The molecule has 2 unspecified atom stereocenters. The van der Waals surface area contributed by atoms with Crippen LogP contribution < -0.4 is 4.90 Å². The summed E-state index contributed by atoms with van der Waals surface area (Å²) in [7, 11) is 0. The minimum atomic E-state index is 0.322. The van der Waals surface area contributed by atoms with Gasteiger partial charge in [-0.05, 0) is 43.6 Å². The van der Waals surface area contributed by atoms with Crippen LogP contribution in [-0.4, -0.2) is 47.0 Å². The number of amides is 1. The smallest absolute Gasteiger partial charge is 0.222 e. The molecule has 2 aliphatic rings. The number of fused-ring (bicyclic) bond motifs is 3. The maximum absolute atomic E-state index is 12.6. The first-order valence-electron chi connectivity index (χ1n) is 12.4. The minimum Gasteiger partial charge on any atom is -0.352 e. The van der Waals surface area contributed by atoms with Crippen LogP contribution in [0.15, 0.2) is 0 Å². The second-order valence-electron chi connectivity index (χ2n) is 9.57. The molecule has 2 atom stereocenters. The molecule has 5 nitrogen and oxygen atoms in total. The molecule has 2 aromatic heterocycles. The van der Waals surface area contributed by atoms with Crippen molar-refractivity contribution in [1.29, 1.82) is 0 Å². The van der Waals surface area contributed by atoms with E-state index in [-0.39, 0.29) is 0 Å². The quantitative estimate of drug-likeness (QED) is 0.527. The van der Waals surface area contributed by atoms with E-state index in [9.17, 15) is 4.79 Å². The third-order valence-electron chi connectivity index (χ3n) is 7.13. The summed E-state index contributed by atoms with van der Waals surface area (Å²) in [5.41, 5.74) is 1.50. The van der Waals surface area contributed by atoms with Gasteiger partial charge in [-0.25, -0.2) is 9.97 Å². The molecule has 0 N–H and O–H groups in total. The summed E-state index contributed by atoms with van der Waals surface area (Å²) >= 11 is 1.90. The molecule has 31 heavy (non-hydrogen) atoms. The lowest BCUT2D eigenvalue weighted by Crippen LogP contribution is -2.49. The summed E-state index contributed by atoms with van der Waals surface area (Å²) in [5, 5.41) is 1.31. The van der Waals surface area contributed by atoms with Crippen LogP contribution in [0.1, 0.15) is 88.4 Å². The Hall–Kier alpha value is -1.69. The van der Waals surface area contributed by atoms with Gasteiger partial charge in [-0.2, -0.15) is 0 Å². The summed E-state index contributed by atoms with van der Waals surface area (Å²) in [6, 6.07) is 0. The Balaban J connectivity index is 1.60. The summed E-state index contributed by atoms with van der Waals surface area (Å²) < 4.78 is 0. The highest BCUT2D eigenvalue weighted by Crippen LogP contribution is 2.41. The highest BCUT2D eigenvalue weighted by Gasteiger charge is 2.29. The predicted molar refractivity (Wildman–Crippen MR) is 130 cm³/mol. The Labute approximate surface area is 191 Å². The zero-order valence-corrected chi connectivity index (χ0v) is 20.6. The van der Waals surface area contributed by atoms with Gasteiger partial charge in [0, 0.05) is 43.4 Å². The summed E-state index contributed by atoms with van der Waals surface area (Å²) in [4.78, 5) is 29.9. The second-order valence-corrected chi connectivity index (χ2v) is 10.7. The van der Waals surface area contributed by atoms with Gasteiger partial charge in [0.15, 0.2) is 0 Å². The zero-order valence-electron chi connectivity index (χ0n) is 19.7. The molecule has 1 fully saturated rings. The predicted octanol–water partition coefficient (Wildman–Crippen LogP) is 5.56. The number of carbonyl (C=O) groups excluding carboxylic acids is 1. The van der Waals surface area contributed by atoms with Crippen molar-refractivity contribution < 1.29 is 4.79 Å². The molecule has 2 aromatic rings. The number of rotatable bonds is 7. The number of piperazine rings is 1. The van der Waals surface area contributed by atoms with E-state index in [0.29, 0.717) is 18.2 Å². The van der Waals surface area contributed by atoms with Crippen molar-refractivity contribution in [1.82, 2.24) is 14.9 Å². The number of carbonyl (C=O) groups is 1. The van der Waals surface area contributed by atoms with Gasteiger partial charge >= 0.3 is 0 Å². The molecule has 0 spiro atoms. The van der Waals surface area contributed by atoms with E-state index in [0.717, 1.165) is 75.8 Å². The minimum absolute atomic E-state index is 0.322. The zero-order chi connectivity index (χ0) is 22.0. The van der Waals surface area contributed by atoms with E-state index in [1.165, 1.54) is 33.5 Å². The van der Waals surface area contributed by atoms with E-state index in [2.05, 4.69) is 37.5 Å². The Morgan fingerprint density at radius 1 is 1.16 bits per heavy atom. The standard InChI is InChI=1S/C25H38N4OS/c1-5-7-8-9-21(30)28-12-14-29(15-13-28)24-22-19-11-10-17(3)16-20(19)31-25(22)27-23(26-24)18(4)6-2/h17-18H,5-16H2,1-4H3. The largest absolute Gasteiger partial charge is 0.352 e. The fourth-order valence-corrected chi connectivity index (χ4v) is 6.21. The van der Waals surface area contributed by atoms with Crippen molar-refractivity contribution in [3.8, 4) is 0 Å². The first-order valence-corrected chi connectivity index (χ1v) is 13.2. The molecule has 0 bridgehead atoms. The first-order chi connectivity index (χ1) is 15.0. The van der Waals surface area contributed by atoms with Crippen molar-refractivity contribution in [2.45, 2.75) is 85.0 Å². The normalized spacial score (nSPS) is 20.2. The van der Waals surface area contributed by atoms with E-state index in [4.69, 9.17) is 9.97 Å². The fourth-order valence-electron chi connectivity index (χ4n) is 4.82. The monoisotopic (exact) mass is 442 g/mol. The van der Waals surface area contributed by atoms with E-state index in [1.54, 1.807) is 0 Å². The molecule has 0 saturated carbocycles. The van der Waals surface area contributed by atoms with Gasteiger partial charge < -0.3 is 9.80 Å². The number of unbranched alkanes of at least 4 members (excludes halogenated alkanes) is 2. The highest BCUT2D eigenvalue weighted by atomic mass is 32.1. The number of aromatic nitrogens is 2. The number of nitrogens with zero attached hydrogens (tertiary/aromatic N) is 4. The molecule has 170 valence electrons. The lowest BCUT2D eigenvalue weighted by molar-refractivity contribution is -0.131. The van der Waals surface area contributed by atoms with Crippen LogP contribution in [-0.2, 0) is 17.6 Å². The summed E-state index contributed by atoms with van der Waals surface area (Å²) in [5.74, 6) is 3.55. The number of hydrogen-bond acceptors (Lipinski definition) is 5. The first kappa shape index (κ1) is 22.5. The Morgan fingerprint density at radius 2 is 1.94 bits per heavy atom. The SMILES string of the molecule is CCCCCC(=O)N1CCN(c2nc(C(C)CC)nc3sc4c(c23)CCC(C)C4)CC1. The van der Waals surface area contributed by atoms with Crippen molar-refractivity contribution >= 4 is 33.3 Å². The lowest BCUT2D eigenvalue weighted by atomic mass is 9.89. The Morgan fingerprint density at radius 3 is 2.65 bits per heavy atom. The topological polar surface area (TPSA) is 49.3 Å². The second kappa shape index (κ2) is 9.85. The molecular weight excluding hydrogens is 404 g/mol. The third-order valence-corrected chi connectivity index (χ3v) is 8.28. The van der Waals surface area contributed by atoms with Crippen molar-refractivity contribution in [3.05, 3.63) is 16.3 Å². The van der Waals surface area contributed by atoms with Crippen LogP contribution in [0.25, 0.3) is 10.2 Å². The van der Waals surface area contributed by atoms with Gasteiger partial charge in [-0.1, -0.05) is 40.5 Å². The van der Waals surface area contributed by atoms with Gasteiger partial charge in [0.05, 0.1) is 5.39 Å². The molecule has 1 aliphatic heterocycles. The lowest BCUT2D eigenvalue weighted by Gasteiger charge is -2.36. The molecule has 3 heterocycles.